The summed E-state index contributed by atoms with van der Waals surface area (Å²) >= 11 is 0. The van der Waals surface area contributed by atoms with Crippen molar-refractivity contribution in [3.63, 3.8) is 0 Å². The Hall–Kier alpha value is -0.650. The number of aliphatic hydroxyl groups is 3. The summed E-state index contributed by atoms with van der Waals surface area (Å²) in [6.45, 7) is -0.849. The molecule has 0 spiro atoms. The van der Waals surface area contributed by atoms with E-state index < -0.39 is 18.9 Å². The molecule has 66 valence electrons. The first-order valence-corrected chi connectivity index (χ1v) is 3.26. The summed E-state index contributed by atoms with van der Waals surface area (Å²) in [7, 11) is 0. The molecule has 0 rings (SSSR count). The molecule has 0 saturated heterocycles. The largest absolute Gasteiger partial charge is 0.439 e. The highest BCUT2D eigenvalue weighted by atomic mass is 16.6. The molecule has 0 bridgehead atoms. The Morgan fingerprint density at radius 3 is 2.55 bits per heavy atom. The number of carbonyl (C=O) groups is 1. The zero-order chi connectivity index (χ0) is 8.69. The maximum atomic E-state index is 10.5. The summed E-state index contributed by atoms with van der Waals surface area (Å²) in [5.41, 5.74) is 0. The Balaban J connectivity index is 3.40. The molecule has 1 unspecified atom stereocenters. The van der Waals surface area contributed by atoms with Gasteiger partial charge in [0.2, 0.25) is 0 Å². The summed E-state index contributed by atoms with van der Waals surface area (Å²) in [4.78, 5) is 10.5. The SMILES string of the molecule is O=C(CC(O)CCO)OCO. The third-order valence-electron chi connectivity index (χ3n) is 1.09. The van der Waals surface area contributed by atoms with Crippen LogP contribution in [0.15, 0.2) is 0 Å². The van der Waals surface area contributed by atoms with Crippen LogP contribution in [0.25, 0.3) is 0 Å². The van der Waals surface area contributed by atoms with Gasteiger partial charge in [0.15, 0.2) is 6.79 Å². The average molecular weight is 164 g/mol. The summed E-state index contributed by atoms with van der Waals surface area (Å²) in [5, 5.41) is 25.3. The highest BCUT2D eigenvalue weighted by Gasteiger charge is 2.10. The van der Waals surface area contributed by atoms with Crippen molar-refractivity contribution in [1.82, 2.24) is 0 Å². The van der Waals surface area contributed by atoms with Crippen molar-refractivity contribution < 1.29 is 24.9 Å². The van der Waals surface area contributed by atoms with Crippen molar-refractivity contribution in [2.24, 2.45) is 0 Å². The van der Waals surface area contributed by atoms with Crippen LogP contribution >= 0.6 is 0 Å². The molecule has 5 heteroatoms. The summed E-state index contributed by atoms with van der Waals surface area (Å²) in [5.74, 6) is -0.673. The fraction of sp³-hybridized carbons (Fsp3) is 0.833. The predicted molar refractivity (Wildman–Crippen MR) is 35.5 cm³/mol. The predicted octanol–water partition coefficient (Wildman–Crippen LogP) is -1.39. The molecule has 5 nitrogen and oxygen atoms in total. The highest BCUT2D eigenvalue weighted by molar-refractivity contribution is 5.69. The Labute approximate surface area is 64.2 Å². The first kappa shape index (κ1) is 10.3. The molecule has 11 heavy (non-hydrogen) atoms. The van der Waals surface area contributed by atoms with Crippen molar-refractivity contribution in [3.8, 4) is 0 Å². The van der Waals surface area contributed by atoms with E-state index in [4.69, 9.17) is 15.3 Å². The number of aliphatic hydroxyl groups excluding tert-OH is 3. The van der Waals surface area contributed by atoms with Crippen LogP contribution in [0.2, 0.25) is 0 Å². The first-order valence-electron chi connectivity index (χ1n) is 3.26. The molecule has 0 amide bonds. The maximum absolute atomic E-state index is 10.5. The lowest BCUT2D eigenvalue weighted by Crippen LogP contribution is -2.17. The lowest BCUT2D eigenvalue weighted by molar-refractivity contribution is -0.154. The zero-order valence-electron chi connectivity index (χ0n) is 6.06. The minimum Gasteiger partial charge on any atom is -0.439 e. The normalized spacial score (nSPS) is 12.6. The van der Waals surface area contributed by atoms with Crippen molar-refractivity contribution in [1.29, 1.82) is 0 Å². The molecule has 0 heterocycles. The second kappa shape index (κ2) is 6.09. The Kier molecular flexibility index (Phi) is 5.73. The fourth-order valence-corrected chi connectivity index (χ4v) is 0.574. The van der Waals surface area contributed by atoms with Gasteiger partial charge in [0.25, 0.3) is 0 Å². The van der Waals surface area contributed by atoms with Gasteiger partial charge in [0.1, 0.15) is 0 Å². The molecule has 0 saturated carbocycles. The Bertz CT molecular complexity index is 114. The van der Waals surface area contributed by atoms with Gasteiger partial charge < -0.3 is 20.1 Å². The van der Waals surface area contributed by atoms with E-state index in [0.29, 0.717) is 0 Å². The second-order valence-electron chi connectivity index (χ2n) is 2.02. The standard InChI is InChI=1S/C6H12O5/c7-2-1-5(9)3-6(10)11-4-8/h5,7-9H,1-4H2. The van der Waals surface area contributed by atoms with E-state index in [0.717, 1.165) is 0 Å². The molecule has 0 aromatic rings. The number of ether oxygens (including phenoxy) is 1. The van der Waals surface area contributed by atoms with Crippen molar-refractivity contribution in [2.45, 2.75) is 18.9 Å². The molecule has 0 radical (unpaired) electrons. The van der Waals surface area contributed by atoms with Gasteiger partial charge in [-0.15, -0.1) is 0 Å². The third-order valence-corrected chi connectivity index (χ3v) is 1.09. The van der Waals surface area contributed by atoms with Crippen LogP contribution < -0.4 is 0 Å². The summed E-state index contributed by atoms with van der Waals surface area (Å²) in [6, 6.07) is 0. The average Bonchev–Trinajstić information content (AvgIpc) is 1.87. The quantitative estimate of drug-likeness (QED) is 0.344. The van der Waals surface area contributed by atoms with Crippen LogP contribution in [0.5, 0.6) is 0 Å². The Morgan fingerprint density at radius 2 is 2.09 bits per heavy atom. The van der Waals surface area contributed by atoms with Crippen LogP contribution in [0.1, 0.15) is 12.8 Å². The summed E-state index contributed by atoms with van der Waals surface area (Å²) < 4.78 is 4.13. The van der Waals surface area contributed by atoms with E-state index >= 15 is 0 Å². The highest BCUT2D eigenvalue weighted by Crippen LogP contribution is 1.98. The van der Waals surface area contributed by atoms with Crippen molar-refractivity contribution in [2.75, 3.05) is 13.4 Å². The lowest BCUT2D eigenvalue weighted by Gasteiger charge is -2.06. The number of hydrogen-bond acceptors (Lipinski definition) is 5. The lowest BCUT2D eigenvalue weighted by atomic mass is 10.2. The molecular weight excluding hydrogens is 152 g/mol. The van der Waals surface area contributed by atoms with Crippen LogP contribution in [0.4, 0.5) is 0 Å². The van der Waals surface area contributed by atoms with Crippen LogP contribution in [0.3, 0.4) is 0 Å². The van der Waals surface area contributed by atoms with Crippen LogP contribution in [-0.4, -0.2) is 40.8 Å². The summed E-state index contributed by atoms with van der Waals surface area (Å²) in [6.07, 6.45) is -0.944. The molecular formula is C6H12O5. The monoisotopic (exact) mass is 164 g/mol. The molecule has 0 aliphatic heterocycles. The second-order valence-corrected chi connectivity index (χ2v) is 2.02. The van der Waals surface area contributed by atoms with E-state index in [9.17, 15) is 4.79 Å². The van der Waals surface area contributed by atoms with Gasteiger partial charge in [-0.1, -0.05) is 0 Å². The number of esters is 1. The van der Waals surface area contributed by atoms with E-state index in [1.165, 1.54) is 0 Å². The topological polar surface area (TPSA) is 87.0 Å². The molecule has 0 fully saturated rings. The number of carbonyl (C=O) groups excluding carboxylic acids is 1. The molecule has 0 aromatic heterocycles. The van der Waals surface area contributed by atoms with E-state index in [1.807, 2.05) is 0 Å². The first-order chi connectivity index (χ1) is 5.20. The van der Waals surface area contributed by atoms with Crippen molar-refractivity contribution >= 4 is 5.97 Å². The van der Waals surface area contributed by atoms with Gasteiger partial charge in [0, 0.05) is 6.61 Å². The van der Waals surface area contributed by atoms with Crippen LogP contribution in [0, 0.1) is 0 Å². The zero-order valence-corrected chi connectivity index (χ0v) is 6.06. The maximum Gasteiger partial charge on any atom is 0.310 e. The van der Waals surface area contributed by atoms with E-state index in [2.05, 4.69) is 4.74 Å². The van der Waals surface area contributed by atoms with Gasteiger partial charge >= 0.3 is 5.97 Å². The molecule has 0 aliphatic rings. The molecule has 1 atom stereocenters. The molecule has 0 aromatic carbocycles. The third kappa shape index (κ3) is 5.78. The van der Waals surface area contributed by atoms with Gasteiger partial charge in [-0.25, -0.2) is 0 Å². The van der Waals surface area contributed by atoms with Crippen LogP contribution in [-0.2, 0) is 9.53 Å². The molecule has 3 N–H and O–H groups in total. The van der Waals surface area contributed by atoms with Gasteiger partial charge in [-0.3, -0.25) is 4.79 Å². The van der Waals surface area contributed by atoms with E-state index in [1.54, 1.807) is 0 Å². The fourth-order valence-electron chi connectivity index (χ4n) is 0.574. The smallest absolute Gasteiger partial charge is 0.310 e. The van der Waals surface area contributed by atoms with Gasteiger partial charge in [-0.05, 0) is 6.42 Å². The molecule has 0 aliphatic carbocycles. The minimum absolute atomic E-state index is 0.139. The van der Waals surface area contributed by atoms with Gasteiger partial charge in [0.05, 0.1) is 12.5 Å². The van der Waals surface area contributed by atoms with E-state index in [-0.39, 0.29) is 19.4 Å². The van der Waals surface area contributed by atoms with Crippen molar-refractivity contribution in [3.05, 3.63) is 0 Å². The Morgan fingerprint density at radius 1 is 1.45 bits per heavy atom. The van der Waals surface area contributed by atoms with Gasteiger partial charge in [-0.2, -0.15) is 0 Å². The number of hydrogen-bond donors (Lipinski definition) is 3. The minimum atomic E-state index is -0.890. The number of rotatable bonds is 5.